The van der Waals surface area contributed by atoms with Crippen LogP contribution in [0.4, 0.5) is 5.69 Å². The highest BCUT2D eigenvalue weighted by molar-refractivity contribution is 7.84. The van der Waals surface area contributed by atoms with Crippen LogP contribution in [0, 0.1) is 0 Å². The van der Waals surface area contributed by atoms with E-state index in [1.54, 1.807) is 50.7 Å². The second-order valence-electron chi connectivity index (χ2n) is 6.11. The summed E-state index contributed by atoms with van der Waals surface area (Å²) in [5, 5.41) is 0.567. The fourth-order valence-corrected chi connectivity index (χ4v) is 3.56. The van der Waals surface area contributed by atoms with E-state index in [0.717, 1.165) is 0 Å². The summed E-state index contributed by atoms with van der Waals surface area (Å²) in [7, 11) is 3.43. The lowest BCUT2D eigenvalue weighted by atomic mass is 10.1. The number of aryl methyl sites for hydroxylation is 1. The summed E-state index contributed by atoms with van der Waals surface area (Å²) >= 11 is 0. The maximum atomic E-state index is 13.1. The third kappa shape index (κ3) is 3.26. The van der Waals surface area contributed by atoms with Crippen molar-refractivity contribution in [1.82, 2.24) is 4.57 Å². The molecule has 3 aromatic rings. The summed E-state index contributed by atoms with van der Waals surface area (Å²) in [5.41, 5.74) is 0.760. The summed E-state index contributed by atoms with van der Waals surface area (Å²) in [6.45, 7) is 0. The molecule has 140 valence electrons. The van der Waals surface area contributed by atoms with Gasteiger partial charge in [-0.05, 0) is 30.3 Å². The SMILES string of the molecule is COc1c(C(=O)N(C)c2ccccc2)c(=O)n(C)c2ccc(S(C)=O)cc12. The smallest absolute Gasteiger partial charge is 0.267 e. The zero-order valence-corrected chi connectivity index (χ0v) is 16.4. The van der Waals surface area contributed by atoms with Crippen LogP contribution in [0.3, 0.4) is 0 Å². The molecule has 3 rings (SSSR count). The van der Waals surface area contributed by atoms with E-state index in [-0.39, 0.29) is 11.3 Å². The van der Waals surface area contributed by atoms with E-state index in [1.165, 1.54) is 16.6 Å². The Bertz CT molecular complexity index is 1110. The van der Waals surface area contributed by atoms with Gasteiger partial charge in [-0.2, -0.15) is 0 Å². The summed E-state index contributed by atoms with van der Waals surface area (Å²) in [6.07, 6.45) is 1.57. The second-order valence-corrected chi connectivity index (χ2v) is 7.48. The van der Waals surface area contributed by atoms with Crippen molar-refractivity contribution < 1.29 is 13.7 Å². The van der Waals surface area contributed by atoms with Gasteiger partial charge in [0, 0.05) is 47.1 Å². The summed E-state index contributed by atoms with van der Waals surface area (Å²) in [5.74, 6) is -0.281. The minimum absolute atomic E-state index is 0.0575. The maximum absolute atomic E-state index is 13.1. The quantitative estimate of drug-likeness (QED) is 0.693. The molecular weight excluding hydrogens is 364 g/mol. The van der Waals surface area contributed by atoms with E-state index in [1.807, 2.05) is 18.2 Å². The summed E-state index contributed by atoms with van der Waals surface area (Å²) in [6, 6.07) is 14.2. The van der Waals surface area contributed by atoms with Crippen LogP contribution in [-0.4, -0.2) is 35.1 Å². The van der Waals surface area contributed by atoms with E-state index in [0.29, 0.717) is 21.5 Å². The van der Waals surface area contributed by atoms with E-state index in [2.05, 4.69) is 0 Å². The van der Waals surface area contributed by atoms with E-state index in [4.69, 9.17) is 4.74 Å². The van der Waals surface area contributed by atoms with Crippen molar-refractivity contribution in [3.05, 3.63) is 64.4 Å². The van der Waals surface area contributed by atoms with Gasteiger partial charge >= 0.3 is 0 Å². The monoisotopic (exact) mass is 384 g/mol. The van der Waals surface area contributed by atoms with Gasteiger partial charge in [-0.25, -0.2) is 0 Å². The highest BCUT2D eigenvalue weighted by Gasteiger charge is 2.26. The summed E-state index contributed by atoms with van der Waals surface area (Å²) in [4.78, 5) is 28.1. The predicted octanol–water partition coefficient (Wildman–Crippen LogP) is 2.56. The first-order valence-corrected chi connectivity index (χ1v) is 9.80. The molecule has 1 amide bonds. The van der Waals surface area contributed by atoms with E-state index in [9.17, 15) is 13.8 Å². The Kier molecular flexibility index (Phi) is 5.14. The molecule has 1 unspecified atom stereocenters. The number of pyridine rings is 1. The summed E-state index contributed by atoms with van der Waals surface area (Å²) < 4.78 is 18.8. The van der Waals surface area contributed by atoms with Crippen LogP contribution in [-0.2, 0) is 17.8 Å². The van der Waals surface area contributed by atoms with Crippen molar-refractivity contribution in [2.24, 2.45) is 7.05 Å². The first-order valence-electron chi connectivity index (χ1n) is 8.24. The largest absolute Gasteiger partial charge is 0.495 e. The third-order valence-electron chi connectivity index (χ3n) is 4.52. The van der Waals surface area contributed by atoms with E-state index < -0.39 is 22.3 Å². The number of fused-ring (bicyclic) bond motifs is 1. The minimum Gasteiger partial charge on any atom is -0.495 e. The standard InChI is InChI=1S/C20H20N2O4S/c1-21(13-8-6-5-7-9-13)19(23)17-18(26-3)15-12-14(27(4)25)10-11-16(15)22(2)20(17)24/h5-12H,1-4H3. The molecule has 0 radical (unpaired) electrons. The number of hydrogen-bond acceptors (Lipinski definition) is 4. The molecule has 27 heavy (non-hydrogen) atoms. The number of carbonyl (C=O) groups is 1. The van der Waals surface area contributed by atoms with Crippen LogP contribution in [0.15, 0.2) is 58.2 Å². The predicted molar refractivity (Wildman–Crippen MR) is 107 cm³/mol. The molecular formula is C20H20N2O4S. The Morgan fingerprint density at radius 3 is 2.41 bits per heavy atom. The number of ether oxygens (including phenoxy) is 1. The number of rotatable bonds is 4. The molecule has 1 heterocycles. The zero-order chi connectivity index (χ0) is 19.7. The number of benzene rings is 2. The molecule has 0 spiro atoms. The molecule has 0 aliphatic heterocycles. The highest BCUT2D eigenvalue weighted by Crippen LogP contribution is 2.30. The average molecular weight is 384 g/mol. The molecule has 1 atom stereocenters. The fraction of sp³-hybridized carbons (Fsp3) is 0.200. The van der Waals surface area contributed by atoms with Crippen LogP contribution in [0.5, 0.6) is 5.75 Å². The average Bonchev–Trinajstić information content (AvgIpc) is 2.69. The van der Waals surface area contributed by atoms with Crippen molar-refractivity contribution >= 4 is 33.3 Å². The van der Waals surface area contributed by atoms with Gasteiger partial charge in [-0.3, -0.25) is 13.8 Å². The number of methoxy groups -OCH3 is 1. The third-order valence-corrected chi connectivity index (χ3v) is 5.44. The van der Waals surface area contributed by atoms with Gasteiger partial charge in [0.15, 0.2) is 0 Å². The fourth-order valence-electron chi connectivity index (χ4n) is 3.01. The van der Waals surface area contributed by atoms with Crippen molar-refractivity contribution in [3.8, 4) is 5.75 Å². The number of nitrogens with zero attached hydrogens (tertiary/aromatic N) is 2. The van der Waals surface area contributed by atoms with E-state index >= 15 is 0 Å². The molecule has 0 aliphatic carbocycles. The van der Waals surface area contributed by atoms with Crippen molar-refractivity contribution in [2.45, 2.75) is 4.90 Å². The number of anilines is 1. The topological polar surface area (TPSA) is 68.6 Å². The number of hydrogen-bond donors (Lipinski definition) is 0. The molecule has 1 aromatic heterocycles. The minimum atomic E-state index is -1.20. The van der Waals surface area contributed by atoms with Crippen LogP contribution < -0.4 is 15.2 Å². The van der Waals surface area contributed by atoms with Crippen LogP contribution in [0.25, 0.3) is 10.9 Å². The lowest BCUT2D eigenvalue weighted by Crippen LogP contribution is -2.34. The first-order chi connectivity index (χ1) is 12.9. The van der Waals surface area contributed by atoms with Gasteiger partial charge in [0.2, 0.25) is 0 Å². The normalized spacial score (nSPS) is 12.0. The number of para-hydroxylation sites is 1. The Balaban J connectivity index is 2.28. The molecule has 2 aromatic carbocycles. The molecule has 0 aliphatic rings. The van der Waals surface area contributed by atoms with Crippen molar-refractivity contribution in [1.29, 1.82) is 0 Å². The number of aromatic nitrogens is 1. The second kappa shape index (κ2) is 7.36. The number of amides is 1. The molecule has 7 heteroatoms. The molecule has 6 nitrogen and oxygen atoms in total. The van der Waals surface area contributed by atoms with Crippen molar-refractivity contribution in [3.63, 3.8) is 0 Å². The molecule has 0 N–H and O–H groups in total. The van der Waals surface area contributed by atoms with Gasteiger partial charge in [0.25, 0.3) is 11.5 Å². The Hall–Kier alpha value is -2.93. The Morgan fingerprint density at radius 2 is 1.81 bits per heavy atom. The van der Waals surface area contributed by atoms with Gasteiger partial charge in [-0.1, -0.05) is 18.2 Å². The molecule has 0 saturated heterocycles. The van der Waals surface area contributed by atoms with Crippen LogP contribution >= 0.6 is 0 Å². The van der Waals surface area contributed by atoms with Gasteiger partial charge in [-0.15, -0.1) is 0 Å². The van der Waals surface area contributed by atoms with Gasteiger partial charge < -0.3 is 14.2 Å². The number of carbonyl (C=O) groups excluding carboxylic acids is 1. The van der Waals surface area contributed by atoms with Crippen molar-refractivity contribution in [2.75, 3.05) is 25.3 Å². The highest BCUT2D eigenvalue weighted by atomic mass is 32.2. The maximum Gasteiger partial charge on any atom is 0.267 e. The lowest BCUT2D eigenvalue weighted by molar-refractivity contribution is 0.0988. The molecule has 0 saturated carbocycles. The Morgan fingerprint density at radius 1 is 1.15 bits per heavy atom. The Labute approximate surface area is 159 Å². The lowest BCUT2D eigenvalue weighted by Gasteiger charge is -2.20. The zero-order valence-electron chi connectivity index (χ0n) is 15.6. The van der Waals surface area contributed by atoms with Crippen LogP contribution in [0.2, 0.25) is 0 Å². The molecule has 0 fully saturated rings. The van der Waals surface area contributed by atoms with Gasteiger partial charge in [0.05, 0.1) is 12.6 Å². The van der Waals surface area contributed by atoms with Gasteiger partial charge in [0.1, 0.15) is 11.3 Å². The van der Waals surface area contributed by atoms with Crippen LogP contribution in [0.1, 0.15) is 10.4 Å². The molecule has 0 bridgehead atoms. The first kappa shape index (κ1) is 18.8.